The van der Waals surface area contributed by atoms with Crippen molar-refractivity contribution in [1.82, 2.24) is 4.98 Å². The number of pyridine rings is 1. The average Bonchev–Trinajstić information content (AvgIpc) is 2.42. The summed E-state index contributed by atoms with van der Waals surface area (Å²) in [5, 5.41) is 14.2. The Labute approximate surface area is 125 Å². The second-order valence-corrected chi connectivity index (χ2v) is 6.52. The number of nitrogens with one attached hydrogen (secondary N) is 1. The molecule has 0 saturated carbocycles. The van der Waals surface area contributed by atoms with Gasteiger partial charge in [0.05, 0.1) is 5.56 Å². The van der Waals surface area contributed by atoms with Gasteiger partial charge in [-0.3, -0.25) is 0 Å². The van der Waals surface area contributed by atoms with Crippen LogP contribution >= 0.6 is 0 Å². The van der Waals surface area contributed by atoms with Gasteiger partial charge in [0.25, 0.3) is 0 Å². The minimum atomic E-state index is -0.951. The van der Waals surface area contributed by atoms with Crippen LogP contribution in [0.25, 0.3) is 10.8 Å². The third-order valence-corrected chi connectivity index (χ3v) is 4.08. The smallest absolute Gasteiger partial charge is 0.337 e. The van der Waals surface area contributed by atoms with Crippen LogP contribution in [0.4, 0.5) is 5.82 Å². The number of hydrogen-bond donors (Lipinski definition) is 2. The van der Waals surface area contributed by atoms with E-state index in [1.54, 1.807) is 0 Å². The highest BCUT2D eigenvalue weighted by Gasteiger charge is 2.20. The van der Waals surface area contributed by atoms with Crippen LogP contribution in [-0.4, -0.2) is 22.6 Å². The van der Waals surface area contributed by atoms with Crippen molar-refractivity contribution in [1.29, 1.82) is 0 Å². The van der Waals surface area contributed by atoms with E-state index in [9.17, 15) is 9.90 Å². The predicted octanol–water partition coefficient (Wildman–Crippen LogP) is 4.03. The molecule has 0 bridgehead atoms. The molecule has 0 amide bonds. The number of rotatable bonds is 4. The number of carbonyl (C=O) groups is 1. The van der Waals surface area contributed by atoms with E-state index < -0.39 is 5.97 Å². The minimum absolute atomic E-state index is 0.212. The normalized spacial score (nSPS) is 13.1. The first kappa shape index (κ1) is 15.3. The molecule has 0 aliphatic rings. The molecular formula is C17H22N2O2. The third-order valence-electron chi connectivity index (χ3n) is 4.08. The minimum Gasteiger partial charge on any atom is -0.478 e. The van der Waals surface area contributed by atoms with E-state index in [1.807, 2.05) is 24.3 Å². The van der Waals surface area contributed by atoms with Gasteiger partial charge in [-0.15, -0.1) is 0 Å². The maximum atomic E-state index is 11.3. The highest BCUT2D eigenvalue weighted by molar-refractivity contribution is 6.06. The van der Waals surface area contributed by atoms with E-state index >= 15 is 0 Å². The lowest BCUT2D eigenvalue weighted by molar-refractivity contribution is 0.0698. The van der Waals surface area contributed by atoms with E-state index in [4.69, 9.17) is 0 Å². The molecule has 112 valence electrons. The van der Waals surface area contributed by atoms with E-state index in [1.165, 1.54) is 6.20 Å². The number of nitrogens with zero attached hydrogens (tertiary/aromatic N) is 1. The van der Waals surface area contributed by atoms with Crippen LogP contribution < -0.4 is 5.32 Å². The molecule has 0 aliphatic heterocycles. The highest BCUT2D eigenvalue weighted by atomic mass is 16.4. The van der Waals surface area contributed by atoms with Gasteiger partial charge < -0.3 is 10.4 Å². The maximum Gasteiger partial charge on any atom is 0.337 e. The van der Waals surface area contributed by atoms with Crippen molar-refractivity contribution >= 4 is 22.6 Å². The summed E-state index contributed by atoms with van der Waals surface area (Å²) in [6.07, 6.45) is 1.43. The SMILES string of the molecule is CC(CNc1ncc(C(=O)O)c2ccccc12)C(C)(C)C. The zero-order valence-corrected chi connectivity index (χ0v) is 13.0. The summed E-state index contributed by atoms with van der Waals surface area (Å²) in [5.74, 6) is 0.261. The lowest BCUT2D eigenvalue weighted by atomic mass is 9.82. The lowest BCUT2D eigenvalue weighted by Crippen LogP contribution is -2.25. The van der Waals surface area contributed by atoms with Gasteiger partial charge in [0, 0.05) is 23.5 Å². The van der Waals surface area contributed by atoms with Gasteiger partial charge in [-0.05, 0) is 11.3 Å². The van der Waals surface area contributed by atoms with Crippen molar-refractivity contribution in [3.05, 3.63) is 36.0 Å². The Kier molecular flexibility index (Phi) is 4.16. The monoisotopic (exact) mass is 286 g/mol. The van der Waals surface area contributed by atoms with Crippen LogP contribution in [0.3, 0.4) is 0 Å². The number of hydrogen-bond acceptors (Lipinski definition) is 3. The van der Waals surface area contributed by atoms with Crippen molar-refractivity contribution in [2.45, 2.75) is 27.7 Å². The molecule has 2 N–H and O–H groups in total. The molecule has 2 aromatic rings. The zero-order valence-electron chi connectivity index (χ0n) is 13.0. The Hall–Kier alpha value is -2.10. The molecule has 0 spiro atoms. The average molecular weight is 286 g/mol. The van der Waals surface area contributed by atoms with Gasteiger partial charge in [0.1, 0.15) is 5.82 Å². The third kappa shape index (κ3) is 3.32. The number of carboxylic acid groups (broad SMARTS) is 1. The number of fused-ring (bicyclic) bond motifs is 1. The molecule has 4 heteroatoms. The first-order chi connectivity index (χ1) is 9.80. The van der Waals surface area contributed by atoms with Crippen LogP contribution in [0, 0.1) is 11.3 Å². The van der Waals surface area contributed by atoms with Gasteiger partial charge in [0.2, 0.25) is 0 Å². The molecule has 1 unspecified atom stereocenters. The number of aromatic nitrogens is 1. The van der Waals surface area contributed by atoms with Crippen molar-refractivity contribution in [3.63, 3.8) is 0 Å². The Morgan fingerprint density at radius 2 is 1.90 bits per heavy atom. The van der Waals surface area contributed by atoms with Gasteiger partial charge >= 0.3 is 5.97 Å². The summed E-state index contributed by atoms with van der Waals surface area (Å²) in [5.41, 5.74) is 0.448. The fourth-order valence-electron chi connectivity index (χ4n) is 2.06. The second kappa shape index (κ2) is 5.72. The summed E-state index contributed by atoms with van der Waals surface area (Å²) >= 11 is 0. The van der Waals surface area contributed by atoms with E-state index in [2.05, 4.69) is 38.0 Å². The van der Waals surface area contributed by atoms with Crippen molar-refractivity contribution in [2.75, 3.05) is 11.9 Å². The Bertz CT molecular complexity index is 659. The molecule has 0 radical (unpaired) electrons. The van der Waals surface area contributed by atoms with Gasteiger partial charge in [-0.1, -0.05) is 52.0 Å². The van der Waals surface area contributed by atoms with E-state index in [0.29, 0.717) is 11.3 Å². The van der Waals surface area contributed by atoms with Crippen molar-refractivity contribution in [3.8, 4) is 0 Å². The zero-order chi connectivity index (χ0) is 15.6. The summed E-state index contributed by atoms with van der Waals surface area (Å²) in [7, 11) is 0. The number of benzene rings is 1. The number of anilines is 1. The van der Waals surface area contributed by atoms with E-state index in [-0.39, 0.29) is 11.0 Å². The molecule has 1 atom stereocenters. The number of aromatic carboxylic acids is 1. The topological polar surface area (TPSA) is 62.2 Å². The molecule has 2 rings (SSSR count). The van der Waals surface area contributed by atoms with Gasteiger partial charge in [0.15, 0.2) is 0 Å². The van der Waals surface area contributed by atoms with Crippen LogP contribution in [0.1, 0.15) is 38.1 Å². The van der Waals surface area contributed by atoms with Crippen molar-refractivity contribution in [2.24, 2.45) is 11.3 Å². The Morgan fingerprint density at radius 3 is 2.48 bits per heavy atom. The maximum absolute atomic E-state index is 11.3. The van der Waals surface area contributed by atoms with Gasteiger partial charge in [-0.25, -0.2) is 9.78 Å². The first-order valence-corrected chi connectivity index (χ1v) is 7.15. The molecule has 21 heavy (non-hydrogen) atoms. The molecule has 4 nitrogen and oxygen atoms in total. The van der Waals surface area contributed by atoms with Crippen molar-refractivity contribution < 1.29 is 9.90 Å². The van der Waals surface area contributed by atoms with Crippen LogP contribution in [0.15, 0.2) is 30.5 Å². The molecule has 0 saturated heterocycles. The lowest BCUT2D eigenvalue weighted by Gasteiger charge is -2.27. The van der Waals surface area contributed by atoms with E-state index in [0.717, 1.165) is 17.7 Å². The fourth-order valence-corrected chi connectivity index (χ4v) is 2.06. The first-order valence-electron chi connectivity index (χ1n) is 7.15. The van der Waals surface area contributed by atoms with Crippen LogP contribution in [-0.2, 0) is 0 Å². The molecule has 0 fully saturated rings. The molecule has 1 aromatic heterocycles. The van der Waals surface area contributed by atoms with Crippen LogP contribution in [0.5, 0.6) is 0 Å². The summed E-state index contributed by atoms with van der Waals surface area (Å²) < 4.78 is 0. The largest absolute Gasteiger partial charge is 0.478 e. The van der Waals surface area contributed by atoms with Crippen LogP contribution in [0.2, 0.25) is 0 Å². The quantitative estimate of drug-likeness (QED) is 0.891. The van der Waals surface area contributed by atoms with Gasteiger partial charge in [-0.2, -0.15) is 0 Å². The summed E-state index contributed by atoms with van der Waals surface area (Å²) in [4.78, 5) is 15.6. The molecular weight excluding hydrogens is 264 g/mol. The summed E-state index contributed by atoms with van der Waals surface area (Å²) in [6, 6.07) is 7.46. The standard InChI is InChI=1S/C17H22N2O2/c1-11(17(2,3)4)9-18-15-13-8-6-5-7-12(13)14(10-19-15)16(20)21/h5-8,10-11H,9H2,1-4H3,(H,18,19)(H,20,21). The molecule has 0 aliphatic carbocycles. The summed E-state index contributed by atoms with van der Waals surface area (Å²) in [6.45, 7) is 9.61. The molecule has 1 aromatic carbocycles. The highest BCUT2D eigenvalue weighted by Crippen LogP contribution is 2.28. The fraction of sp³-hybridized carbons (Fsp3) is 0.412. The molecule has 1 heterocycles. The second-order valence-electron chi connectivity index (χ2n) is 6.52. The number of carboxylic acids is 1. The Morgan fingerprint density at radius 1 is 1.29 bits per heavy atom. The predicted molar refractivity (Wildman–Crippen MR) is 85.8 cm³/mol. The Balaban J connectivity index is 2.34.